The minimum Gasteiger partial charge on any atom is -0.478 e. The number of halogens is 1. The molecule has 0 spiro atoms. The quantitative estimate of drug-likeness (QED) is 0.706. The summed E-state index contributed by atoms with van der Waals surface area (Å²) in [4.78, 5) is 13.4. The maximum Gasteiger partial charge on any atom is 0.338 e. The molecule has 0 amide bonds. The predicted octanol–water partition coefficient (Wildman–Crippen LogP) is 4.93. The van der Waals surface area contributed by atoms with E-state index in [0.29, 0.717) is 17.8 Å². The SMILES string of the molecule is CCSc1cccc(NCc2ccc(Br)s2)c1C(=O)O. The Morgan fingerprint density at radius 1 is 1.40 bits per heavy atom. The van der Waals surface area contributed by atoms with Crippen molar-refractivity contribution in [2.75, 3.05) is 11.1 Å². The van der Waals surface area contributed by atoms with Gasteiger partial charge in [0.15, 0.2) is 0 Å². The minimum atomic E-state index is -0.892. The normalized spacial score (nSPS) is 10.5. The third-order valence-corrected chi connectivity index (χ3v) is 5.19. The van der Waals surface area contributed by atoms with Crippen LogP contribution in [-0.2, 0) is 6.54 Å². The maximum atomic E-state index is 11.5. The number of rotatable bonds is 6. The zero-order valence-electron chi connectivity index (χ0n) is 10.9. The van der Waals surface area contributed by atoms with E-state index in [2.05, 4.69) is 21.2 Å². The molecular formula is C14H14BrNO2S2. The van der Waals surface area contributed by atoms with Gasteiger partial charge in [0.25, 0.3) is 0 Å². The van der Waals surface area contributed by atoms with Crippen LogP contribution < -0.4 is 5.32 Å². The van der Waals surface area contributed by atoms with Crippen molar-refractivity contribution in [2.45, 2.75) is 18.4 Å². The summed E-state index contributed by atoms with van der Waals surface area (Å²) in [5.74, 6) is -0.0434. The molecule has 0 atom stereocenters. The second-order valence-corrected chi connectivity index (χ2v) is 7.83. The van der Waals surface area contributed by atoms with Crippen molar-refractivity contribution in [1.29, 1.82) is 0 Å². The monoisotopic (exact) mass is 371 g/mol. The van der Waals surface area contributed by atoms with Crippen LogP contribution in [0.5, 0.6) is 0 Å². The molecule has 1 heterocycles. The van der Waals surface area contributed by atoms with Gasteiger partial charge < -0.3 is 10.4 Å². The standard InChI is InChI=1S/C14H14BrNO2S2/c1-2-19-11-5-3-4-10(13(11)14(17)18)16-8-9-6-7-12(15)20-9/h3-7,16H,2,8H2,1H3,(H,17,18). The number of nitrogens with one attached hydrogen (secondary N) is 1. The van der Waals surface area contributed by atoms with E-state index >= 15 is 0 Å². The fourth-order valence-corrected chi connectivity index (χ4v) is 4.05. The summed E-state index contributed by atoms with van der Waals surface area (Å²) in [6.45, 7) is 2.64. The van der Waals surface area contributed by atoms with E-state index in [4.69, 9.17) is 0 Å². The number of carboxylic acid groups (broad SMARTS) is 1. The molecular weight excluding hydrogens is 358 g/mol. The second-order valence-electron chi connectivity index (χ2n) is 3.98. The van der Waals surface area contributed by atoms with Crippen LogP contribution in [0.3, 0.4) is 0 Å². The third-order valence-electron chi connectivity index (χ3n) is 2.62. The molecule has 0 saturated heterocycles. The summed E-state index contributed by atoms with van der Waals surface area (Å²) in [6, 6.07) is 9.56. The van der Waals surface area contributed by atoms with Gasteiger partial charge >= 0.3 is 5.97 Å². The summed E-state index contributed by atoms with van der Waals surface area (Å²) in [6.07, 6.45) is 0. The first-order chi connectivity index (χ1) is 9.61. The molecule has 106 valence electrons. The molecule has 0 aliphatic carbocycles. The van der Waals surface area contributed by atoms with E-state index in [0.717, 1.165) is 19.3 Å². The molecule has 0 unspecified atom stereocenters. The van der Waals surface area contributed by atoms with Gasteiger partial charge in [0.05, 0.1) is 15.0 Å². The average Bonchev–Trinajstić information content (AvgIpc) is 2.82. The molecule has 0 bridgehead atoms. The van der Waals surface area contributed by atoms with Crippen molar-refractivity contribution in [3.05, 3.63) is 44.6 Å². The molecule has 2 rings (SSSR count). The summed E-state index contributed by atoms with van der Waals surface area (Å²) < 4.78 is 1.07. The first kappa shape index (κ1) is 15.4. The Hall–Kier alpha value is -0.980. The number of benzene rings is 1. The van der Waals surface area contributed by atoms with Gasteiger partial charge in [0, 0.05) is 16.3 Å². The minimum absolute atomic E-state index is 0.356. The van der Waals surface area contributed by atoms with Crippen LogP contribution in [0, 0.1) is 0 Å². The Morgan fingerprint density at radius 2 is 2.20 bits per heavy atom. The summed E-state index contributed by atoms with van der Waals surface area (Å²) in [5.41, 5.74) is 1.02. The zero-order chi connectivity index (χ0) is 14.5. The van der Waals surface area contributed by atoms with Gasteiger partial charge in [-0.05, 0) is 45.9 Å². The van der Waals surface area contributed by atoms with E-state index in [1.807, 2.05) is 37.3 Å². The fraction of sp³-hybridized carbons (Fsp3) is 0.214. The van der Waals surface area contributed by atoms with Gasteiger partial charge in [0.1, 0.15) is 0 Å². The maximum absolute atomic E-state index is 11.5. The van der Waals surface area contributed by atoms with Gasteiger partial charge in [-0.2, -0.15) is 0 Å². The van der Waals surface area contributed by atoms with E-state index in [-0.39, 0.29) is 0 Å². The van der Waals surface area contributed by atoms with Crippen molar-refractivity contribution >= 4 is 50.7 Å². The molecule has 0 saturated carbocycles. The van der Waals surface area contributed by atoms with Crippen molar-refractivity contribution in [3.8, 4) is 0 Å². The Morgan fingerprint density at radius 3 is 2.80 bits per heavy atom. The fourth-order valence-electron chi connectivity index (χ4n) is 1.80. The summed E-state index contributed by atoms with van der Waals surface area (Å²) >= 11 is 6.60. The van der Waals surface area contributed by atoms with Crippen LogP contribution in [0.15, 0.2) is 39.0 Å². The highest BCUT2D eigenvalue weighted by molar-refractivity contribution is 9.11. The Bertz CT molecular complexity index is 613. The van der Waals surface area contributed by atoms with Crippen LogP contribution in [0.25, 0.3) is 0 Å². The van der Waals surface area contributed by atoms with Gasteiger partial charge in [-0.1, -0.05) is 13.0 Å². The van der Waals surface area contributed by atoms with Crippen molar-refractivity contribution in [1.82, 2.24) is 0 Å². The zero-order valence-corrected chi connectivity index (χ0v) is 14.1. The van der Waals surface area contributed by atoms with E-state index in [1.165, 1.54) is 0 Å². The second kappa shape index (κ2) is 7.15. The van der Waals surface area contributed by atoms with Crippen molar-refractivity contribution < 1.29 is 9.90 Å². The topological polar surface area (TPSA) is 49.3 Å². The molecule has 1 aromatic carbocycles. The average molecular weight is 372 g/mol. The Balaban J connectivity index is 2.22. The van der Waals surface area contributed by atoms with E-state index in [9.17, 15) is 9.90 Å². The molecule has 1 aromatic heterocycles. The van der Waals surface area contributed by atoms with Crippen LogP contribution in [0.2, 0.25) is 0 Å². The van der Waals surface area contributed by atoms with E-state index in [1.54, 1.807) is 23.1 Å². The van der Waals surface area contributed by atoms with Crippen LogP contribution in [0.1, 0.15) is 22.2 Å². The van der Waals surface area contributed by atoms with Crippen molar-refractivity contribution in [3.63, 3.8) is 0 Å². The van der Waals surface area contributed by atoms with Gasteiger partial charge in [0.2, 0.25) is 0 Å². The molecule has 0 aliphatic rings. The lowest BCUT2D eigenvalue weighted by molar-refractivity contribution is 0.0694. The molecule has 0 fully saturated rings. The van der Waals surface area contributed by atoms with Crippen LogP contribution in [0.4, 0.5) is 5.69 Å². The third kappa shape index (κ3) is 3.77. The lowest BCUT2D eigenvalue weighted by Crippen LogP contribution is -2.07. The largest absolute Gasteiger partial charge is 0.478 e. The molecule has 3 nitrogen and oxygen atoms in total. The number of thiophene rings is 1. The highest BCUT2D eigenvalue weighted by atomic mass is 79.9. The van der Waals surface area contributed by atoms with Gasteiger partial charge in [-0.3, -0.25) is 0 Å². The molecule has 2 aromatic rings. The first-order valence-electron chi connectivity index (χ1n) is 6.09. The predicted molar refractivity (Wildman–Crippen MR) is 89.1 cm³/mol. The number of thioether (sulfide) groups is 1. The highest BCUT2D eigenvalue weighted by Crippen LogP contribution is 2.29. The molecule has 0 radical (unpaired) electrons. The molecule has 6 heteroatoms. The highest BCUT2D eigenvalue weighted by Gasteiger charge is 2.15. The Labute approximate surface area is 134 Å². The Kier molecular flexibility index (Phi) is 5.51. The summed E-state index contributed by atoms with van der Waals surface area (Å²) in [5, 5.41) is 12.6. The summed E-state index contributed by atoms with van der Waals surface area (Å²) in [7, 11) is 0. The van der Waals surface area contributed by atoms with Crippen LogP contribution >= 0.6 is 39.0 Å². The number of hydrogen-bond donors (Lipinski definition) is 2. The van der Waals surface area contributed by atoms with E-state index < -0.39 is 5.97 Å². The number of carbonyl (C=O) groups is 1. The van der Waals surface area contributed by atoms with Crippen LogP contribution in [-0.4, -0.2) is 16.8 Å². The number of anilines is 1. The smallest absolute Gasteiger partial charge is 0.338 e. The molecule has 0 aliphatic heterocycles. The number of aromatic carboxylic acids is 1. The van der Waals surface area contributed by atoms with Gasteiger partial charge in [-0.15, -0.1) is 23.1 Å². The lowest BCUT2D eigenvalue weighted by Gasteiger charge is -2.12. The van der Waals surface area contributed by atoms with Gasteiger partial charge in [-0.25, -0.2) is 4.79 Å². The lowest BCUT2D eigenvalue weighted by atomic mass is 10.1. The molecule has 20 heavy (non-hydrogen) atoms. The first-order valence-corrected chi connectivity index (χ1v) is 8.68. The molecule has 2 N–H and O–H groups in total. The van der Waals surface area contributed by atoms with Crippen molar-refractivity contribution in [2.24, 2.45) is 0 Å². The number of carboxylic acids is 1. The number of hydrogen-bond acceptors (Lipinski definition) is 4.